The van der Waals surface area contributed by atoms with Gasteiger partial charge in [-0.2, -0.15) is 0 Å². The van der Waals surface area contributed by atoms with Crippen LogP contribution in [-0.4, -0.2) is 16.4 Å². The summed E-state index contributed by atoms with van der Waals surface area (Å²) in [4.78, 5) is 12.4. The molecule has 0 saturated heterocycles. The molecular weight excluding hydrogens is 232 g/mol. The minimum atomic E-state index is -0.388. The lowest BCUT2D eigenvalue weighted by Crippen LogP contribution is -2.58. The van der Waals surface area contributed by atoms with Crippen LogP contribution in [0.1, 0.15) is 51.9 Å². The number of carbonyl (C=O) groups is 1. The molecule has 17 heavy (non-hydrogen) atoms. The fraction of sp³-hybridized carbons (Fsp3) is 0.846. The first-order chi connectivity index (χ1) is 8.07. The van der Waals surface area contributed by atoms with Crippen molar-refractivity contribution >= 4 is 23.1 Å². The van der Waals surface area contributed by atoms with E-state index in [4.69, 9.17) is 18.0 Å². The highest BCUT2D eigenvalue weighted by Crippen LogP contribution is 2.36. The first kappa shape index (κ1) is 12.8. The van der Waals surface area contributed by atoms with Gasteiger partial charge in [-0.3, -0.25) is 4.79 Å². The fourth-order valence-electron chi connectivity index (χ4n) is 2.70. The third kappa shape index (κ3) is 2.79. The molecule has 0 aromatic rings. The van der Waals surface area contributed by atoms with Crippen LogP contribution in [-0.2, 0) is 4.79 Å². The van der Waals surface area contributed by atoms with Crippen molar-refractivity contribution in [2.45, 2.75) is 57.4 Å². The number of hydrogen-bond donors (Lipinski definition) is 2. The highest BCUT2D eigenvalue weighted by Gasteiger charge is 2.41. The van der Waals surface area contributed by atoms with Gasteiger partial charge in [-0.15, -0.1) is 0 Å². The molecule has 2 aliphatic rings. The molecule has 0 atom stereocenters. The van der Waals surface area contributed by atoms with Gasteiger partial charge in [-0.1, -0.05) is 25.6 Å². The Balaban J connectivity index is 2.00. The maximum atomic E-state index is 11.9. The molecule has 2 aliphatic carbocycles. The van der Waals surface area contributed by atoms with E-state index in [2.05, 4.69) is 12.2 Å². The molecule has 96 valence electrons. The van der Waals surface area contributed by atoms with E-state index in [1.54, 1.807) is 0 Å². The molecule has 0 aromatic carbocycles. The van der Waals surface area contributed by atoms with E-state index in [9.17, 15) is 4.79 Å². The summed E-state index contributed by atoms with van der Waals surface area (Å²) in [5.41, 5.74) is 5.49. The molecule has 4 heteroatoms. The second kappa shape index (κ2) is 4.92. The molecule has 0 aromatic heterocycles. The van der Waals surface area contributed by atoms with Crippen molar-refractivity contribution in [1.82, 2.24) is 5.32 Å². The normalized spacial score (nSPS) is 33.1. The molecule has 2 fully saturated rings. The third-order valence-electron chi connectivity index (χ3n) is 4.32. The molecule has 0 radical (unpaired) electrons. The van der Waals surface area contributed by atoms with Crippen LogP contribution in [0.3, 0.4) is 0 Å². The molecule has 2 saturated carbocycles. The summed E-state index contributed by atoms with van der Waals surface area (Å²) in [6.07, 6.45) is 7.34. The van der Waals surface area contributed by atoms with Crippen molar-refractivity contribution in [2.24, 2.45) is 17.6 Å². The lowest BCUT2D eigenvalue weighted by Gasteiger charge is -2.40. The summed E-state index contributed by atoms with van der Waals surface area (Å²) < 4.78 is 0. The molecule has 0 bridgehead atoms. The van der Waals surface area contributed by atoms with Crippen LogP contribution in [0.25, 0.3) is 0 Å². The van der Waals surface area contributed by atoms with Crippen LogP contribution in [0, 0.1) is 11.8 Å². The second-order valence-corrected chi connectivity index (χ2v) is 6.00. The van der Waals surface area contributed by atoms with Gasteiger partial charge in [-0.05, 0) is 44.4 Å². The zero-order valence-electron chi connectivity index (χ0n) is 10.5. The predicted octanol–water partition coefficient (Wildman–Crippen LogP) is 2.14. The van der Waals surface area contributed by atoms with E-state index in [1.165, 1.54) is 6.42 Å². The quantitative estimate of drug-likeness (QED) is 0.756. The van der Waals surface area contributed by atoms with Crippen molar-refractivity contribution < 1.29 is 4.79 Å². The van der Waals surface area contributed by atoms with Crippen LogP contribution in [0.5, 0.6) is 0 Å². The van der Waals surface area contributed by atoms with E-state index < -0.39 is 0 Å². The molecule has 0 heterocycles. The Labute approximate surface area is 109 Å². The van der Waals surface area contributed by atoms with E-state index in [0.29, 0.717) is 4.99 Å². The first-order valence-electron chi connectivity index (χ1n) is 6.69. The van der Waals surface area contributed by atoms with Gasteiger partial charge < -0.3 is 11.1 Å². The average Bonchev–Trinajstić information content (AvgIpc) is 3.13. The highest BCUT2D eigenvalue weighted by molar-refractivity contribution is 7.80. The van der Waals surface area contributed by atoms with Gasteiger partial charge in [0.25, 0.3) is 0 Å². The summed E-state index contributed by atoms with van der Waals surface area (Å²) in [5, 5.41) is 3.13. The number of rotatable bonds is 4. The van der Waals surface area contributed by atoms with Crippen molar-refractivity contribution in [3.63, 3.8) is 0 Å². The number of nitrogens with one attached hydrogen (secondary N) is 1. The monoisotopic (exact) mass is 254 g/mol. The zero-order chi connectivity index (χ0) is 12.5. The average molecular weight is 254 g/mol. The van der Waals surface area contributed by atoms with E-state index in [-0.39, 0.29) is 17.4 Å². The molecule has 1 amide bonds. The Kier molecular flexibility index (Phi) is 3.71. The van der Waals surface area contributed by atoms with Crippen molar-refractivity contribution in [3.8, 4) is 0 Å². The lowest BCUT2D eigenvalue weighted by molar-refractivity contribution is -0.123. The van der Waals surface area contributed by atoms with Gasteiger partial charge in [-0.25, -0.2) is 0 Å². The summed E-state index contributed by atoms with van der Waals surface area (Å²) in [7, 11) is 0. The first-order valence-corrected chi connectivity index (χ1v) is 7.10. The minimum Gasteiger partial charge on any atom is -0.391 e. The van der Waals surface area contributed by atoms with Crippen LogP contribution in [0.2, 0.25) is 0 Å². The number of carbonyl (C=O) groups excluding carboxylic acids is 1. The maximum Gasteiger partial charge on any atom is 0.223 e. The standard InChI is InChI=1S/C13H22N2OS/c1-2-9-5-7-13(8-6-9,12(14)17)15-11(16)10-3-4-10/h9-10H,2-8H2,1H3,(H2,14,17)(H,15,16). The molecule has 3 nitrogen and oxygen atoms in total. The summed E-state index contributed by atoms with van der Waals surface area (Å²) in [5.74, 6) is 1.16. The van der Waals surface area contributed by atoms with Crippen molar-refractivity contribution in [2.75, 3.05) is 0 Å². The Morgan fingerprint density at radius 3 is 2.35 bits per heavy atom. The molecule has 0 spiro atoms. The molecular formula is C13H22N2OS. The third-order valence-corrected chi connectivity index (χ3v) is 4.71. The predicted molar refractivity (Wildman–Crippen MR) is 72.6 cm³/mol. The Bertz CT molecular complexity index is 317. The Morgan fingerprint density at radius 2 is 1.94 bits per heavy atom. The summed E-state index contributed by atoms with van der Waals surface area (Å²) in [6.45, 7) is 2.22. The van der Waals surface area contributed by atoms with Crippen molar-refractivity contribution in [1.29, 1.82) is 0 Å². The second-order valence-electron chi connectivity index (χ2n) is 5.56. The van der Waals surface area contributed by atoms with E-state index >= 15 is 0 Å². The van der Waals surface area contributed by atoms with Gasteiger partial charge in [0.2, 0.25) is 5.91 Å². The van der Waals surface area contributed by atoms with E-state index in [1.807, 2.05) is 0 Å². The molecule has 0 unspecified atom stereocenters. The van der Waals surface area contributed by atoms with Crippen molar-refractivity contribution in [3.05, 3.63) is 0 Å². The zero-order valence-corrected chi connectivity index (χ0v) is 11.3. The fourth-order valence-corrected chi connectivity index (χ4v) is 2.95. The highest BCUT2D eigenvalue weighted by atomic mass is 32.1. The number of thiocarbonyl (C=S) groups is 1. The number of amides is 1. The summed E-state index contributed by atoms with van der Waals surface area (Å²) in [6, 6.07) is 0. The number of nitrogens with two attached hydrogens (primary N) is 1. The van der Waals surface area contributed by atoms with Gasteiger partial charge in [0.05, 0.1) is 10.5 Å². The van der Waals surface area contributed by atoms with Crippen LogP contribution in [0.15, 0.2) is 0 Å². The van der Waals surface area contributed by atoms with Gasteiger partial charge in [0.15, 0.2) is 0 Å². The van der Waals surface area contributed by atoms with Gasteiger partial charge in [0.1, 0.15) is 0 Å². The molecule has 2 rings (SSSR count). The Morgan fingerprint density at radius 1 is 1.35 bits per heavy atom. The number of hydrogen-bond acceptors (Lipinski definition) is 2. The maximum absolute atomic E-state index is 11.9. The minimum absolute atomic E-state index is 0.160. The van der Waals surface area contributed by atoms with Crippen LogP contribution in [0.4, 0.5) is 0 Å². The molecule has 0 aliphatic heterocycles. The van der Waals surface area contributed by atoms with Gasteiger partial charge >= 0.3 is 0 Å². The topological polar surface area (TPSA) is 55.1 Å². The largest absolute Gasteiger partial charge is 0.391 e. The van der Waals surface area contributed by atoms with Gasteiger partial charge in [0, 0.05) is 5.92 Å². The Hall–Kier alpha value is -0.640. The molecule has 3 N–H and O–H groups in total. The van der Waals surface area contributed by atoms with Crippen LogP contribution < -0.4 is 11.1 Å². The lowest BCUT2D eigenvalue weighted by atomic mass is 9.75. The van der Waals surface area contributed by atoms with E-state index in [0.717, 1.165) is 44.4 Å². The smallest absolute Gasteiger partial charge is 0.223 e. The SMILES string of the molecule is CCC1CCC(NC(=O)C2CC2)(C(N)=S)CC1. The summed E-state index contributed by atoms with van der Waals surface area (Å²) >= 11 is 5.19. The van der Waals surface area contributed by atoms with Crippen LogP contribution >= 0.6 is 12.2 Å².